The van der Waals surface area contributed by atoms with Gasteiger partial charge in [-0.2, -0.15) is 0 Å². The summed E-state index contributed by atoms with van der Waals surface area (Å²) in [4.78, 5) is 2.70. The van der Waals surface area contributed by atoms with E-state index in [2.05, 4.69) is 368 Å². The predicted molar refractivity (Wildman–Crippen MR) is 445 cm³/mol. The Morgan fingerprint density at radius 2 is 0.635 bits per heavy atom. The van der Waals surface area contributed by atoms with Crippen molar-refractivity contribution in [2.75, 3.05) is 4.90 Å². The molecule has 15 aromatic rings. The molecule has 0 N–H and O–H groups in total. The zero-order chi connectivity index (χ0) is 70.0. The van der Waals surface area contributed by atoms with Crippen LogP contribution in [0.2, 0.25) is 19.6 Å². The van der Waals surface area contributed by atoms with E-state index in [0.29, 0.717) is 0 Å². The van der Waals surface area contributed by atoms with E-state index < -0.39 is 13.5 Å². The summed E-state index contributed by atoms with van der Waals surface area (Å²) >= 11 is 0. The summed E-state index contributed by atoms with van der Waals surface area (Å²) in [6.45, 7) is 16.9. The monoisotopic (exact) mass is 1350 g/mol. The van der Waals surface area contributed by atoms with Crippen LogP contribution >= 0.6 is 0 Å². The van der Waals surface area contributed by atoms with E-state index in [1.54, 1.807) is 0 Å². The molecule has 1 nitrogen and oxygen atoms in total. The van der Waals surface area contributed by atoms with E-state index in [1.165, 1.54) is 183 Å². The summed E-state index contributed by atoms with van der Waals surface area (Å²) in [5, 5.41) is 6.38. The van der Waals surface area contributed by atoms with Gasteiger partial charge in [-0.15, -0.1) is 0 Å². The fourth-order valence-electron chi connectivity index (χ4n) is 20.3. The van der Waals surface area contributed by atoms with Crippen molar-refractivity contribution in [1.29, 1.82) is 0 Å². The predicted octanol–water partition coefficient (Wildman–Crippen LogP) is 27.3. The molecule has 2 heteroatoms. The molecule has 0 aliphatic heterocycles. The summed E-state index contributed by atoms with van der Waals surface area (Å²) in [5.74, 6) is 0. The lowest BCUT2D eigenvalue weighted by Crippen LogP contribution is -2.37. The van der Waals surface area contributed by atoms with E-state index in [4.69, 9.17) is 0 Å². The standard InChI is InChI=1S/C102H81NSi/c1-8-100(9-2)91-58-64(46-54-77(91)79-56-50-67(60-93(79)100)66-48-52-69(53-49-66)104(5,6)7)44-45-65-47-55-78-80-57-51-68(61-94(80)101(10-3,11-4)92(78)59-65)103(96-62-87-74-32-15-14-30-72(74)70-28-12-13-29-71(70)73-31-16-19-37-83(73)98(87)84-38-20-17-35-81(84)96)97-63-95-99(85-39-21-18-36-82(85)97)86-40-24-27-43-90(86)102(95)88-41-25-22-33-75(88)76-34-23-26-42-89(76)102/h12-63H,8-11H2,1-7H3/b45-44+,72-70?,73-71?,87-74?,98-83?. The van der Waals surface area contributed by atoms with Crippen molar-refractivity contribution in [3.05, 3.63) is 359 Å². The van der Waals surface area contributed by atoms with E-state index in [0.717, 1.165) is 42.7 Å². The molecule has 0 radical (unpaired) electrons. The van der Waals surface area contributed by atoms with Crippen LogP contribution in [-0.2, 0) is 16.2 Å². The molecular formula is C102H81NSi. The molecule has 498 valence electrons. The summed E-state index contributed by atoms with van der Waals surface area (Å²) in [5.41, 5.74) is 39.2. The van der Waals surface area contributed by atoms with Gasteiger partial charge in [0.25, 0.3) is 0 Å². The normalized spacial score (nSPS) is 14.5. The first kappa shape index (κ1) is 62.4. The van der Waals surface area contributed by atoms with Gasteiger partial charge >= 0.3 is 0 Å². The van der Waals surface area contributed by atoms with E-state index in [1.807, 2.05) is 0 Å². The Balaban J connectivity index is 0.774. The van der Waals surface area contributed by atoms with Crippen molar-refractivity contribution in [2.45, 2.75) is 89.3 Å². The summed E-state index contributed by atoms with van der Waals surface area (Å²) in [6.07, 6.45) is 8.74. The highest BCUT2D eigenvalue weighted by Gasteiger charge is 2.53. The van der Waals surface area contributed by atoms with E-state index in [9.17, 15) is 0 Å². The Labute approximate surface area is 613 Å². The molecule has 0 heterocycles. The van der Waals surface area contributed by atoms with Crippen LogP contribution in [-0.4, -0.2) is 8.07 Å². The Kier molecular flexibility index (Phi) is 14.0. The van der Waals surface area contributed by atoms with E-state index in [-0.39, 0.29) is 10.8 Å². The Hall–Kier alpha value is -11.4. The fourth-order valence-corrected chi connectivity index (χ4v) is 21.5. The van der Waals surface area contributed by atoms with Crippen LogP contribution in [0.1, 0.15) is 109 Å². The second kappa shape index (κ2) is 23.3. The first-order chi connectivity index (χ1) is 51.0. The highest BCUT2D eigenvalue weighted by Crippen LogP contribution is 2.66. The maximum absolute atomic E-state index is 2.70. The number of nitrogens with zero attached hydrogens (tertiary/aromatic N) is 1. The zero-order valence-corrected chi connectivity index (χ0v) is 61.3. The minimum absolute atomic E-state index is 0.0646. The van der Waals surface area contributed by atoms with Gasteiger partial charge in [0.2, 0.25) is 0 Å². The number of fused-ring (bicyclic) bond motifs is 28. The Bertz CT molecular complexity index is 6110. The van der Waals surface area contributed by atoms with Crippen molar-refractivity contribution < 1.29 is 0 Å². The lowest BCUT2D eigenvalue weighted by molar-refractivity contribution is 0.490. The molecule has 0 atom stereocenters. The second-order valence-electron chi connectivity index (χ2n) is 30.9. The topological polar surface area (TPSA) is 3.24 Å². The van der Waals surface area contributed by atoms with Gasteiger partial charge in [-0.3, -0.25) is 0 Å². The molecule has 1 spiro atoms. The number of hydrogen-bond donors (Lipinski definition) is 0. The van der Waals surface area contributed by atoms with Crippen LogP contribution in [0.4, 0.5) is 17.1 Å². The van der Waals surface area contributed by atoms with Crippen molar-refractivity contribution in [1.82, 2.24) is 0 Å². The number of hydrogen-bond acceptors (Lipinski definition) is 1. The molecular weight excluding hydrogens is 1270 g/mol. The first-order valence-electron chi connectivity index (χ1n) is 37.9. The molecule has 0 aromatic heterocycles. The molecule has 0 bridgehead atoms. The second-order valence-corrected chi connectivity index (χ2v) is 36.0. The van der Waals surface area contributed by atoms with Gasteiger partial charge in [-0.25, -0.2) is 0 Å². The molecule has 15 aromatic carbocycles. The lowest BCUT2D eigenvalue weighted by atomic mass is 9.70. The van der Waals surface area contributed by atoms with Crippen molar-refractivity contribution in [3.63, 3.8) is 0 Å². The summed E-state index contributed by atoms with van der Waals surface area (Å²) in [6, 6.07) is 118. The van der Waals surface area contributed by atoms with Crippen LogP contribution in [0, 0.1) is 0 Å². The van der Waals surface area contributed by atoms with Gasteiger partial charge in [-0.1, -0.05) is 338 Å². The van der Waals surface area contributed by atoms with Gasteiger partial charge in [0.15, 0.2) is 0 Å². The highest BCUT2D eigenvalue weighted by atomic mass is 28.3. The molecule has 20 rings (SSSR count). The number of rotatable bonds is 11. The molecule has 0 saturated heterocycles. The largest absolute Gasteiger partial charge is 0.309 e. The zero-order valence-electron chi connectivity index (χ0n) is 60.3. The van der Waals surface area contributed by atoms with Crippen LogP contribution in [0.3, 0.4) is 0 Å². The van der Waals surface area contributed by atoms with E-state index >= 15 is 0 Å². The van der Waals surface area contributed by atoms with Crippen LogP contribution in [0.5, 0.6) is 0 Å². The molecule has 5 aliphatic carbocycles. The molecule has 0 unspecified atom stereocenters. The smallest absolute Gasteiger partial charge is 0.0775 e. The maximum atomic E-state index is 2.70. The minimum Gasteiger partial charge on any atom is -0.309 e. The summed E-state index contributed by atoms with van der Waals surface area (Å²) in [7, 11) is -1.41. The highest BCUT2D eigenvalue weighted by molar-refractivity contribution is 6.88. The van der Waals surface area contributed by atoms with Gasteiger partial charge in [0.05, 0.1) is 24.9 Å². The van der Waals surface area contributed by atoms with Crippen LogP contribution < -0.4 is 10.1 Å². The Morgan fingerprint density at radius 1 is 0.269 bits per heavy atom. The van der Waals surface area contributed by atoms with Gasteiger partial charge in [-0.05, 0) is 223 Å². The molecule has 0 amide bonds. The Morgan fingerprint density at radius 3 is 1.14 bits per heavy atom. The number of anilines is 3. The average Bonchev–Trinajstić information content (AvgIpc) is 1.48. The van der Waals surface area contributed by atoms with Crippen LogP contribution in [0.25, 0.3) is 134 Å². The number of benzene rings is 15. The molecule has 0 fully saturated rings. The minimum atomic E-state index is -1.41. The third-order valence-corrected chi connectivity index (χ3v) is 27.4. The maximum Gasteiger partial charge on any atom is 0.0775 e. The fraction of sp³-hybridized carbons (Fsp3) is 0.137. The van der Waals surface area contributed by atoms with Crippen molar-refractivity contribution in [2.24, 2.45) is 0 Å². The molecule has 104 heavy (non-hydrogen) atoms. The first-order valence-corrected chi connectivity index (χ1v) is 41.4. The lowest BCUT2D eigenvalue weighted by Gasteiger charge is -2.35. The van der Waals surface area contributed by atoms with Gasteiger partial charge < -0.3 is 4.90 Å². The van der Waals surface area contributed by atoms with Crippen molar-refractivity contribution in [3.8, 4) is 100 Å². The molecule has 0 saturated carbocycles. The van der Waals surface area contributed by atoms with Crippen LogP contribution in [0.15, 0.2) is 303 Å². The SMILES string of the molecule is CCC1(CC)c2cc(/C=C/c3ccc4c(c3)C(CC)(CC)c3cc(N(c5cc6c(c7ccccc57)-c5ccccc5-c5ccccc5-c5ccccc5-6)c5cc6c(c7ccccc57)-c5ccccc5C65c6ccccc6-c6ccccc65)ccc3-4)ccc2-c2ccc(-c3ccc([Si](C)(C)C)cc3)cc21. The van der Waals surface area contributed by atoms with Gasteiger partial charge in [0.1, 0.15) is 0 Å². The average molecular weight is 1350 g/mol. The summed E-state index contributed by atoms with van der Waals surface area (Å²) < 4.78 is 0. The van der Waals surface area contributed by atoms with Gasteiger partial charge in [0, 0.05) is 27.3 Å². The molecule has 5 aliphatic rings. The quantitative estimate of drug-likeness (QED) is 0.0922. The third-order valence-electron chi connectivity index (χ3n) is 25.4. The van der Waals surface area contributed by atoms with Crippen molar-refractivity contribution >= 4 is 64.0 Å². The third kappa shape index (κ3) is 8.67.